The van der Waals surface area contributed by atoms with Crippen LogP contribution in [0.15, 0.2) is 35.4 Å². The summed E-state index contributed by atoms with van der Waals surface area (Å²) in [5.41, 5.74) is 1.03. The van der Waals surface area contributed by atoms with Gasteiger partial charge in [0.2, 0.25) is 0 Å². The van der Waals surface area contributed by atoms with Crippen molar-refractivity contribution in [2.45, 2.75) is 25.4 Å². The molecule has 0 spiro atoms. The zero-order chi connectivity index (χ0) is 17.1. The number of hydrogen-bond acceptors (Lipinski definition) is 6. The van der Waals surface area contributed by atoms with Crippen LogP contribution < -0.4 is 25.2 Å². The van der Waals surface area contributed by atoms with Crippen LogP contribution in [0.4, 0.5) is 5.82 Å². The molecule has 4 rings (SSSR count). The first-order valence-corrected chi connectivity index (χ1v) is 8.70. The molecular formula is C18H22N4O3. The van der Waals surface area contributed by atoms with Gasteiger partial charge in [-0.2, -0.15) is 0 Å². The second kappa shape index (κ2) is 7.14. The zero-order valence-corrected chi connectivity index (χ0v) is 14.0. The lowest BCUT2D eigenvalue weighted by molar-refractivity contribution is 0.171. The third-order valence-electron chi connectivity index (χ3n) is 4.61. The van der Waals surface area contributed by atoms with Crippen LogP contribution in [-0.4, -0.2) is 42.3 Å². The number of ether oxygens (including phenoxy) is 2. The van der Waals surface area contributed by atoms with E-state index >= 15 is 0 Å². The molecule has 0 radical (unpaired) electrons. The van der Waals surface area contributed by atoms with E-state index in [1.807, 2.05) is 12.1 Å². The fourth-order valence-electron chi connectivity index (χ4n) is 3.37. The predicted molar refractivity (Wildman–Crippen MR) is 94.4 cm³/mol. The maximum absolute atomic E-state index is 11.9. The fourth-order valence-corrected chi connectivity index (χ4v) is 3.37. The van der Waals surface area contributed by atoms with E-state index in [0.29, 0.717) is 25.1 Å². The number of aromatic nitrogens is 2. The summed E-state index contributed by atoms with van der Waals surface area (Å²) in [6.45, 7) is 3.61. The first-order valence-electron chi connectivity index (χ1n) is 8.70. The van der Waals surface area contributed by atoms with E-state index in [1.165, 1.54) is 0 Å². The van der Waals surface area contributed by atoms with Crippen molar-refractivity contribution < 1.29 is 9.47 Å². The molecule has 1 saturated heterocycles. The molecule has 0 unspecified atom stereocenters. The minimum Gasteiger partial charge on any atom is -0.486 e. The molecule has 1 aromatic heterocycles. The predicted octanol–water partition coefficient (Wildman–Crippen LogP) is 1.30. The van der Waals surface area contributed by atoms with Gasteiger partial charge in [0.1, 0.15) is 13.2 Å². The Kier molecular flexibility index (Phi) is 4.56. The van der Waals surface area contributed by atoms with E-state index in [-0.39, 0.29) is 5.56 Å². The van der Waals surface area contributed by atoms with Gasteiger partial charge in [-0.3, -0.25) is 4.79 Å². The minimum atomic E-state index is -0.130. The number of rotatable bonds is 4. The summed E-state index contributed by atoms with van der Waals surface area (Å²) in [6.07, 6.45) is 5.32. The summed E-state index contributed by atoms with van der Waals surface area (Å²) in [7, 11) is 0. The molecule has 2 N–H and O–H groups in total. The van der Waals surface area contributed by atoms with Gasteiger partial charge in [-0.05, 0) is 30.5 Å². The lowest BCUT2D eigenvalue weighted by Crippen LogP contribution is -2.47. The SMILES string of the molecule is O=c1[nH]ccnc1N1CCC[C@H](NCc2ccc3c(c2)OCCO3)C1. The molecule has 3 heterocycles. The average molecular weight is 342 g/mol. The summed E-state index contributed by atoms with van der Waals surface area (Å²) in [4.78, 5) is 20.9. The quantitative estimate of drug-likeness (QED) is 0.872. The molecule has 25 heavy (non-hydrogen) atoms. The molecular weight excluding hydrogens is 320 g/mol. The topological polar surface area (TPSA) is 79.5 Å². The van der Waals surface area contributed by atoms with Gasteiger partial charge in [0.15, 0.2) is 17.3 Å². The highest BCUT2D eigenvalue weighted by molar-refractivity contribution is 5.43. The monoisotopic (exact) mass is 342 g/mol. The van der Waals surface area contributed by atoms with Crippen molar-refractivity contribution in [2.75, 3.05) is 31.2 Å². The molecule has 0 bridgehead atoms. The number of benzene rings is 1. The Morgan fingerprint density at radius 1 is 1.28 bits per heavy atom. The smallest absolute Gasteiger partial charge is 0.290 e. The Bertz CT molecular complexity index is 792. The van der Waals surface area contributed by atoms with Gasteiger partial charge < -0.3 is 24.7 Å². The van der Waals surface area contributed by atoms with Crippen LogP contribution in [0.1, 0.15) is 18.4 Å². The average Bonchev–Trinajstić information content (AvgIpc) is 2.67. The third kappa shape index (κ3) is 3.61. The molecule has 1 atom stereocenters. The van der Waals surface area contributed by atoms with Gasteiger partial charge in [0.25, 0.3) is 5.56 Å². The molecule has 0 amide bonds. The molecule has 1 fully saturated rings. The van der Waals surface area contributed by atoms with Crippen LogP contribution in [0.25, 0.3) is 0 Å². The van der Waals surface area contributed by atoms with Crippen LogP contribution >= 0.6 is 0 Å². The Morgan fingerprint density at radius 3 is 3.04 bits per heavy atom. The largest absolute Gasteiger partial charge is 0.486 e. The van der Waals surface area contributed by atoms with Crippen LogP contribution in [0, 0.1) is 0 Å². The number of piperidine rings is 1. The highest BCUT2D eigenvalue weighted by Gasteiger charge is 2.22. The Hall–Kier alpha value is -2.54. The van der Waals surface area contributed by atoms with Crippen molar-refractivity contribution >= 4 is 5.82 Å². The summed E-state index contributed by atoms with van der Waals surface area (Å²) in [6, 6.07) is 6.38. The highest BCUT2D eigenvalue weighted by atomic mass is 16.6. The van der Waals surface area contributed by atoms with E-state index in [9.17, 15) is 4.79 Å². The lowest BCUT2D eigenvalue weighted by Gasteiger charge is -2.33. The molecule has 132 valence electrons. The lowest BCUT2D eigenvalue weighted by atomic mass is 10.1. The number of nitrogens with one attached hydrogen (secondary N) is 2. The van der Waals surface area contributed by atoms with Crippen molar-refractivity contribution in [3.05, 3.63) is 46.5 Å². The number of anilines is 1. The number of H-pyrrole nitrogens is 1. The van der Waals surface area contributed by atoms with E-state index in [1.54, 1.807) is 12.4 Å². The number of nitrogens with zero attached hydrogens (tertiary/aromatic N) is 2. The minimum absolute atomic E-state index is 0.130. The van der Waals surface area contributed by atoms with Crippen LogP contribution in [0.2, 0.25) is 0 Å². The number of fused-ring (bicyclic) bond motifs is 1. The Labute approximate surface area is 146 Å². The normalized spacial score (nSPS) is 19.7. The highest BCUT2D eigenvalue weighted by Crippen LogP contribution is 2.30. The van der Waals surface area contributed by atoms with Gasteiger partial charge in [-0.15, -0.1) is 0 Å². The van der Waals surface area contributed by atoms with Crippen LogP contribution in [0.3, 0.4) is 0 Å². The first kappa shape index (κ1) is 16.0. The van der Waals surface area contributed by atoms with Crippen molar-refractivity contribution in [2.24, 2.45) is 0 Å². The van der Waals surface area contributed by atoms with Gasteiger partial charge in [0, 0.05) is 38.1 Å². The third-order valence-corrected chi connectivity index (χ3v) is 4.61. The zero-order valence-electron chi connectivity index (χ0n) is 14.0. The molecule has 0 saturated carbocycles. The molecule has 2 aliphatic heterocycles. The second-order valence-electron chi connectivity index (χ2n) is 6.39. The Balaban J connectivity index is 1.38. The molecule has 7 heteroatoms. The summed E-state index contributed by atoms with van der Waals surface area (Å²) < 4.78 is 11.2. The molecule has 2 aromatic rings. The summed E-state index contributed by atoms with van der Waals surface area (Å²) in [5, 5.41) is 3.59. The number of hydrogen-bond donors (Lipinski definition) is 2. The van der Waals surface area contributed by atoms with Crippen LogP contribution in [0.5, 0.6) is 11.5 Å². The van der Waals surface area contributed by atoms with Gasteiger partial charge in [-0.1, -0.05) is 6.07 Å². The number of aromatic amines is 1. The fraction of sp³-hybridized carbons (Fsp3) is 0.444. The van der Waals surface area contributed by atoms with Crippen LogP contribution in [-0.2, 0) is 6.54 Å². The van der Waals surface area contributed by atoms with E-state index in [4.69, 9.17) is 9.47 Å². The summed E-state index contributed by atoms with van der Waals surface area (Å²) in [5.74, 6) is 2.14. The molecule has 7 nitrogen and oxygen atoms in total. The maximum Gasteiger partial charge on any atom is 0.290 e. The molecule has 1 aromatic carbocycles. The van der Waals surface area contributed by atoms with E-state index in [0.717, 1.165) is 49.5 Å². The van der Waals surface area contributed by atoms with E-state index in [2.05, 4.69) is 26.3 Å². The van der Waals surface area contributed by atoms with Crippen molar-refractivity contribution in [3.63, 3.8) is 0 Å². The van der Waals surface area contributed by atoms with Gasteiger partial charge in [-0.25, -0.2) is 4.98 Å². The van der Waals surface area contributed by atoms with Gasteiger partial charge >= 0.3 is 0 Å². The first-order chi connectivity index (χ1) is 12.3. The van der Waals surface area contributed by atoms with Crippen molar-refractivity contribution in [1.82, 2.24) is 15.3 Å². The van der Waals surface area contributed by atoms with Crippen molar-refractivity contribution in [3.8, 4) is 11.5 Å². The second-order valence-corrected chi connectivity index (χ2v) is 6.39. The summed E-state index contributed by atoms with van der Waals surface area (Å²) >= 11 is 0. The molecule has 2 aliphatic rings. The standard InChI is InChI=1S/C18H22N4O3/c23-18-17(19-5-6-20-18)22-7-1-2-14(12-22)21-11-13-3-4-15-16(10-13)25-9-8-24-15/h3-6,10,14,21H,1-2,7-9,11-12H2,(H,20,23)/t14-/m0/s1. The molecule has 0 aliphatic carbocycles. The van der Waals surface area contributed by atoms with E-state index < -0.39 is 0 Å². The van der Waals surface area contributed by atoms with Crippen molar-refractivity contribution in [1.29, 1.82) is 0 Å². The Morgan fingerprint density at radius 2 is 2.16 bits per heavy atom. The van der Waals surface area contributed by atoms with Gasteiger partial charge in [0.05, 0.1) is 0 Å². The maximum atomic E-state index is 11.9.